The predicted molar refractivity (Wildman–Crippen MR) is 68.4 cm³/mol. The van der Waals surface area contributed by atoms with E-state index in [1.807, 2.05) is 18.2 Å². The van der Waals surface area contributed by atoms with Gasteiger partial charge in [-0.3, -0.25) is 4.79 Å². The van der Waals surface area contributed by atoms with Crippen LogP contribution in [0.3, 0.4) is 0 Å². The molecule has 0 aromatic rings. The third-order valence-electron chi connectivity index (χ3n) is 2.12. The van der Waals surface area contributed by atoms with E-state index in [0.717, 1.165) is 6.42 Å². The lowest BCUT2D eigenvalue weighted by Gasteiger charge is -1.90. The van der Waals surface area contributed by atoms with Crippen LogP contribution in [0.2, 0.25) is 0 Å². The molecule has 0 amide bonds. The number of carboxylic acids is 1. The van der Waals surface area contributed by atoms with Gasteiger partial charge in [-0.1, -0.05) is 44.1 Å². The molecule has 3 nitrogen and oxygen atoms in total. The van der Waals surface area contributed by atoms with Gasteiger partial charge in [0.15, 0.2) is 0 Å². The van der Waals surface area contributed by atoms with Crippen LogP contribution in [0.15, 0.2) is 36.0 Å². The maximum atomic E-state index is 10.4. The standard InChI is InChI=1S/C14H19NO2/c1-2-3-4-5-6-7-8-9-10-13(12-15)11-14(16)17/h6-10H,2-5,11H2,1H3,(H,16,17). The summed E-state index contributed by atoms with van der Waals surface area (Å²) in [5.41, 5.74) is 0.258. The minimum absolute atomic E-state index is 0.221. The monoisotopic (exact) mass is 233 g/mol. The van der Waals surface area contributed by atoms with Crippen molar-refractivity contribution >= 4 is 5.97 Å². The van der Waals surface area contributed by atoms with Gasteiger partial charge in [0.2, 0.25) is 0 Å². The largest absolute Gasteiger partial charge is 0.481 e. The van der Waals surface area contributed by atoms with Gasteiger partial charge in [-0.05, 0) is 18.9 Å². The molecule has 3 heteroatoms. The smallest absolute Gasteiger partial charge is 0.308 e. The van der Waals surface area contributed by atoms with Crippen molar-refractivity contribution in [1.29, 1.82) is 5.26 Å². The van der Waals surface area contributed by atoms with E-state index in [0.29, 0.717) is 0 Å². The Balaban J connectivity index is 3.95. The second-order valence-electron chi connectivity index (χ2n) is 3.68. The van der Waals surface area contributed by atoms with E-state index < -0.39 is 5.97 Å². The van der Waals surface area contributed by atoms with Crippen molar-refractivity contribution in [2.75, 3.05) is 0 Å². The van der Waals surface area contributed by atoms with Gasteiger partial charge >= 0.3 is 5.97 Å². The summed E-state index contributed by atoms with van der Waals surface area (Å²) >= 11 is 0. The summed E-state index contributed by atoms with van der Waals surface area (Å²) < 4.78 is 0. The molecule has 0 aromatic carbocycles. The highest BCUT2D eigenvalue weighted by atomic mass is 16.4. The summed E-state index contributed by atoms with van der Waals surface area (Å²) in [4.78, 5) is 10.4. The van der Waals surface area contributed by atoms with Gasteiger partial charge in [0.1, 0.15) is 0 Å². The molecule has 1 N–H and O–H groups in total. The molecule has 0 aliphatic carbocycles. The lowest BCUT2D eigenvalue weighted by Crippen LogP contribution is -1.95. The zero-order valence-corrected chi connectivity index (χ0v) is 10.2. The minimum Gasteiger partial charge on any atom is -0.481 e. The summed E-state index contributed by atoms with van der Waals surface area (Å²) in [6.07, 6.45) is 13.5. The van der Waals surface area contributed by atoms with E-state index in [1.165, 1.54) is 25.3 Å². The van der Waals surface area contributed by atoms with Gasteiger partial charge in [-0.2, -0.15) is 5.26 Å². The van der Waals surface area contributed by atoms with Crippen molar-refractivity contribution in [2.24, 2.45) is 0 Å². The number of hydrogen-bond donors (Lipinski definition) is 1. The van der Waals surface area contributed by atoms with Crippen LogP contribution in [-0.4, -0.2) is 11.1 Å². The summed E-state index contributed by atoms with van der Waals surface area (Å²) in [5, 5.41) is 17.1. The Kier molecular flexibility index (Phi) is 9.55. The Bertz CT molecular complexity index is 346. The summed E-state index contributed by atoms with van der Waals surface area (Å²) in [6, 6.07) is 1.86. The maximum absolute atomic E-state index is 10.4. The molecule has 0 aliphatic rings. The molecule has 0 aliphatic heterocycles. The first-order valence-electron chi connectivity index (χ1n) is 5.85. The number of carbonyl (C=O) groups is 1. The van der Waals surface area contributed by atoms with E-state index in [4.69, 9.17) is 10.4 Å². The Morgan fingerprint density at radius 3 is 2.65 bits per heavy atom. The zero-order chi connectivity index (χ0) is 12.9. The molecule has 0 radical (unpaired) electrons. The van der Waals surface area contributed by atoms with Crippen LogP contribution < -0.4 is 0 Å². The molecule has 0 atom stereocenters. The van der Waals surface area contributed by atoms with Gasteiger partial charge in [0.25, 0.3) is 0 Å². The molecule has 0 fully saturated rings. The molecule has 0 rings (SSSR count). The van der Waals surface area contributed by atoms with Gasteiger partial charge in [-0.15, -0.1) is 0 Å². The first-order chi connectivity index (χ1) is 8.20. The molecule has 0 saturated heterocycles. The van der Waals surface area contributed by atoms with Crippen LogP contribution in [-0.2, 0) is 4.79 Å². The van der Waals surface area contributed by atoms with E-state index in [2.05, 4.69) is 13.0 Å². The third-order valence-corrected chi connectivity index (χ3v) is 2.12. The minimum atomic E-state index is -0.985. The lowest BCUT2D eigenvalue weighted by molar-refractivity contribution is -0.136. The number of rotatable bonds is 8. The molecule has 0 heterocycles. The quantitative estimate of drug-likeness (QED) is 0.396. The fourth-order valence-electron chi connectivity index (χ4n) is 1.22. The molecule has 0 bridgehead atoms. The highest BCUT2D eigenvalue weighted by Crippen LogP contribution is 2.01. The summed E-state index contributed by atoms with van der Waals surface area (Å²) in [7, 11) is 0. The predicted octanol–water partition coefficient (Wildman–Crippen LogP) is 3.60. The molecular weight excluding hydrogens is 214 g/mol. The van der Waals surface area contributed by atoms with Crippen molar-refractivity contribution in [3.05, 3.63) is 36.0 Å². The number of nitriles is 1. The molecular formula is C14H19NO2. The number of nitrogens with zero attached hydrogens (tertiary/aromatic N) is 1. The van der Waals surface area contributed by atoms with E-state index in [-0.39, 0.29) is 12.0 Å². The van der Waals surface area contributed by atoms with Crippen LogP contribution in [0.25, 0.3) is 0 Å². The normalized spacial score (nSPS) is 12.1. The lowest BCUT2D eigenvalue weighted by atomic mass is 10.2. The van der Waals surface area contributed by atoms with Crippen LogP contribution in [0.4, 0.5) is 0 Å². The highest BCUT2D eigenvalue weighted by Gasteiger charge is 2.00. The Labute approximate surface area is 103 Å². The number of aliphatic carboxylic acids is 1. The van der Waals surface area contributed by atoms with Crippen LogP contribution >= 0.6 is 0 Å². The fourth-order valence-corrected chi connectivity index (χ4v) is 1.22. The van der Waals surface area contributed by atoms with Gasteiger partial charge < -0.3 is 5.11 Å². The second-order valence-corrected chi connectivity index (χ2v) is 3.68. The van der Waals surface area contributed by atoms with Crippen molar-refractivity contribution in [3.63, 3.8) is 0 Å². The van der Waals surface area contributed by atoms with E-state index in [1.54, 1.807) is 6.08 Å². The first-order valence-corrected chi connectivity index (χ1v) is 5.85. The molecule has 0 unspecified atom stereocenters. The van der Waals surface area contributed by atoms with Crippen LogP contribution in [0.1, 0.15) is 39.0 Å². The number of unbranched alkanes of at least 4 members (excludes halogenated alkanes) is 3. The Morgan fingerprint density at radius 2 is 2.06 bits per heavy atom. The van der Waals surface area contributed by atoms with Crippen molar-refractivity contribution in [3.8, 4) is 6.07 Å². The maximum Gasteiger partial charge on any atom is 0.308 e. The molecule has 0 spiro atoms. The van der Waals surface area contributed by atoms with Crippen molar-refractivity contribution < 1.29 is 9.90 Å². The Morgan fingerprint density at radius 1 is 1.29 bits per heavy atom. The van der Waals surface area contributed by atoms with Crippen molar-refractivity contribution in [2.45, 2.75) is 39.0 Å². The highest BCUT2D eigenvalue weighted by molar-refractivity contribution is 5.71. The topological polar surface area (TPSA) is 61.1 Å². The van der Waals surface area contributed by atoms with Crippen LogP contribution in [0, 0.1) is 11.3 Å². The summed E-state index contributed by atoms with van der Waals surface area (Å²) in [6.45, 7) is 2.17. The molecule has 0 saturated carbocycles. The van der Waals surface area contributed by atoms with Gasteiger partial charge in [-0.25, -0.2) is 0 Å². The van der Waals surface area contributed by atoms with E-state index in [9.17, 15) is 4.79 Å². The average molecular weight is 233 g/mol. The fraction of sp³-hybridized carbons (Fsp3) is 0.429. The summed E-state index contributed by atoms with van der Waals surface area (Å²) in [5.74, 6) is -0.985. The average Bonchev–Trinajstić information content (AvgIpc) is 2.30. The Hall–Kier alpha value is -1.82. The first kappa shape index (κ1) is 15.2. The van der Waals surface area contributed by atoms with Crippen LogP contribution in [0.5, 0.6) is 0 Å². The zero-order valence-electron chi connectivity index (χ0n) is 10.2. The molecule has 92 valence electrons. The SMILES string of the molecule is CCCCCC=CC=CC=C(C#N)CC(=O)O. The third kappa shape index (κ3) is 10.5. The number of hydrogen-bond acceptors (Lipinski definition) is 2. The molecule has 17 heavy (non-hydrogen) atoms. The molecule has 0 aromatic heterocycles. The van der Waals surface area contributed by atoms with Gasteiger partial charge in [0, 0.05) is 5.57 Å². The van der Waals surface area contributed by atoms with Gasteiger partial charge in [0.05, 0.1) is 12.5 Å². The van der Waals surface area contributed by atoms with Crippen molar-refractivity contribution in [1.82, 2.24) is 0 Å². The van der Waals surface area contributed by atoms with E-state index >= 15 is 0 Å². The number of carboxylic acid groups (broad SMARTS) is 1. The second kappa shape index (κ2) is 10.7. The number of allylic oxidation sites excluding steroid dienone is 5.